The number of amides is 1. The molecule has 0 spiro atoms. The fourth-order valence-electron chi connectivity index (χ4n) is 4.10. The van der Waals surface area contributed by atoms with Gasteiger partial charge in [-0.15, -0.1) is 0 Å². The van der Waals surface area contributed by atoms with E-state index in [0.717, 1.165) is 0 Å². The molecule has 6 nitrogen and oxygen atoms in total. The van der Waals surface area contributed by atoms with Crippen molar-refractivity contribution in [3.8, 4) is 0 Å². The molecule has 0 aromatic heterocycles. The summed E-state index contributed by atoms with van der Waals surface area (Å²) >= 11 is 0. The van der Waals surface area contributed by atoms with E-state index in [2.05, 4.69) is 41.5 Å². The van der Waals surface area contributed by atoms with E-state index in [-0.39, 0.29) is 25.5 Å². The first-order valence-corrected chi connectivity index (χ1v) is 10.9. The molecule has 1 rings (SSSR count). The number of ether oxygens (including phenoxy) is 3. The molecular weight excluding hydrogens is 326 g/mol. The maximum Gasteiger partial charge on any atom is 0.256 e. The lowest BCUT2D eigenvalue weighted by molar-refractivity contribution is -0.199. The molecule has 0 unspecified atom stereocenters. The quantitative estimate of drug-likeness (QED) is 0.322. The van der Waals surface area contributed by atoms with Crippen LogP contribution in [0.2, 0.25) is 16.6 Å². The Hall–Kier alpha value is -0.473. The van der Waals surface area contributed by atoms with Crippen LogP contribution in [0.15, 0.2) is 0 Å². The average molecular weight is 362 g/mol. The Labute approximate surface area is 147 Å². The van der Waals surface area contributed by atoms with Crippen molar-refractivity contribution in [3.05, 3.63) is 0 Å². The van der Waals surface area contributed by atoms with E-state index in [4.69, 9.17) is 18.6 Å². The van der Waals surface area contributed by atoms with Crippen molar-refractivity contribution >= 4 is 14.2 Å². The fraction of sp³-hybridized carbons (Fsp3) is 0.941. The van der Waals surface area contributed by atoms with Crippen LogP contribution < -0.4 is 0 Å². The molecule has 1 amide bonds. The average Bonchev–Trinajstić information content (AvgIpc) is 2.50. The van der Waals surface area contributed by atoms with Gasteiger partial charge in [0.1, 0.15) is 13.5 Å². The number of hydrogen-bond acceptors (Lipinski definition) is 5. The number of nitrogens with zero attached hydrogens (tertiary/aromatic N) is 1. The zero-order chi connectivity index (χ0) is 18.5. The van der Waals surface area contributed by atoms with Crippen LogP contribution in [0, 0.1) is 0 Å². The number of hydrogen-bond donors (Lipinski definition) is 0. The largest absolute Gasteiger partial charge is 0.414 e. The molecule has 1 heterocycles. The molecule has 24 heavy (non-hydrogen) atoms. The Morgan fingerprint density at radius 3 is 1.96 bits per heavy atom. The maximum absolute atomic E-state index is 12.2. The summed E-state index contributed by atoms with van der Waals surface area (Å²) in [5.41, 5.74) is 1.51. The molecule has 2 atom stereocenters. The molecule has 0 saturated carbocycles. The highest BCUT2D eigenvalue weighted by atomic mass is 28.4. The third-order valence-corrected chi connectivity index (χ3v) is 11.2. The number of likely N-dealkylation sites (tertiary alicyclic amines) is 1. The highest BCUT2D eigenvalue weighted by molar-refractivity contribution is 6.77. The van der Waals surface area contributed by atoms with Gasteiger partial charge >= 0.3 is 0 Å². The summed E-state index contributed by atoms with van der Waals surface area (Å²) in [6, 6.07) is -0.115. The van der Waals surface area contributed by atoms with Gasteiger partial charge in [0, 0.05) is 14.2 Å². The van der Waals surface area contributed by atoms with E-state index < -0.39 is 14.4 Å². The van der Waals surface area contributed by atoms with Gasteiger partial charge in [-0.1, -0.05) is 41.5 Å². The molecule has 1 saturated heterocycles. The number of β-lactam (4-membered cyclic amide) rings is 1. The van der Waals surface area contributed by atoms with Gasteiger partial charge in [0.15, 0.2) is 14.4 Å². The van der Waals surface area contributed by atoms with Gasteiger partial charge in [-0.2, -0.15) is 0 Å². The summed E-state index contributed by atoms with van der Waals surface area (Å²) in [5.74, 6) is -0.0617. The van der Waals surface area contributed by atoms with Gasteiger partial charge in [-0.05, 0) is 16.6 Å². The molecule has 0 N–H and O–H groups in total. The Morgan fingerprint density at radius 2 is 1.54 bits per heavy atom. The predicted octanol–water partition coefficient (Wildman–Crippen LogP) is 2.98. The number of rotatable bonds is 11. The standard InChI is InChI=1S/C17H35NO5Si/c1-12(2)24(13(3)4,14(5)6)23-9-15-16(22-11-21-8)17(19)18(15)10-20-7/h12-16H,9-11H2,1-8H3/t15-,16+/m0/s1. The van der Waals surface area contributed by atoms with E-state index >= 15 is 0 Å². The summed E-state index contributed by atoms with van der Waals surface area (Å²) in [6.07, 6.45) is -0.502. The normalized spacial score (nSPS) is 22.0. The molecule has 1 aliphatic rings. The van der Waals surface area contributed by atoms with Gasteiger partial charge in [0.05, 0.1) is 12.6 Å². The first kappa shape index (κ1) is 21.6. The van der Waals surface area contributed by atoms with E-state index in [1.54, 1.807) is 19.1 Å². The summed E-state index contributed by atoms with van der Waals surface area (Å²) in [7, 11) is 1.16. The summed E-state index contributed by atoms with van der Waals surface area (Å²) in [6.45, 7) is 14.4. The second-order valence-electron chi connectivity index (χ2n) is 7.42. The maximum atomic E-state index is 12.2. The van der Waals surface area contributed by atoms with E-state index in [9.17, 15) is 4.79 Å². The molecule has 7 heteroatoms. The smallest absolute Gasteiger partial charge is 0.256 e. The van der Waals surface area contributed by atoms with Crippen molar-refractivity contribution < 1.29 is 23.4 Å². The van der Waals surface area contributed by atoms with E-state index in [1.165, 1.54) is 0 Å². The molecule has 0 bridgehead atoms. The summed E-state index contributed by atoms with van der Waals surface area (Å²) in [5, 5.41) is 0. The number of carbonyl (C=O) groups is 1. The minimum absolute atomic E-state index is 0.0617. The zero-order valence-electron chi connectivity index (χ0n) is 16.5. The first-order chi connectivity index (χ1) is 11.2. The van der Waals surface area contributed by atoms with Crippen LogP contribution in [0.5, 0.6) is 0 Å². The topological polar surface area (TPSA) is 57.2 Å². The van der Waals surface area contributed by atoms with Gasteiger partial charge < -0.3 is 23.5 Å². The van der Waals surface area contributed by atoms with Crippen molar-refractivity contribution in [2.75, 3.05) is 34.4 Å². The Balaban J connectivity index is 2.86. The molecule has 0 aliphatic carbocycles. The second kappa shape index (κ2) is 9.29. The van der Waals surface area contributed by atoms with Crippen molar-refractivity contribution in [2.45, 2.75) is 70.3 Å². The van der Waals surface area contributed by atoms with Gasteiger partial charge in [-0.3, -0.25) is 4.79 Å². The Bertz CT molecular complexity index is 381. The molecule has 1 fully saturated rings. The van der Waals surface area contributed by atoms with Gasteiger partial charge in [0.25, 0.3) is 5.91 Å². The molecule has 0 aromatic carbocycles. The highest BCUT2D eigenvalue weighted by Crippen LogP contribution is 2.42. The highest BCUT2D eigenvalue weighted by Gasteiger charge is 2.51. The lowest BCUT2D eigenvalue weighted by Gasteiger charge is -2.49. The van der Waals surface area contributed by atoms with Crippen LogP contribution in [0.1, 0.15) is 41.5 Å². The predicted molar refractivity (Wildman–Crippen MR) is 96.3 cm³/mol. The molecule has 0 radical (unpaired) electrons. The lowest BCUT2D eigenvalue weighted by atomic mass is 10.00. The SMILES string of the molecule is COCO[C@H]1C(=O)N(COC)[C@H]1CO[Si](C(C)C)(C(C)C)C(C)C. The van der Waals surface area contributed by atoms with Crippen molar-refractivity contribution in [2.24, 2.45) is 0 Å². The Kier molecular flexibility index (Phi) is 8.35. The van der Waals surface area contributed by atoms with E-state index in [0.29, 0.717) is 23.2 Å². The number of methoxy groups -OCH3 is 2. The van der Waals surface area contributed by atoms with Gasteiger partial charge in [0.2, 0.25) is 0 Å². The van der Waals surface area contributed by atoms with Crippen molar-refractivity contribution in [1.82, 2.24) is 4.90 Å². The van der Waals surface area contributed by atoms with E-state index in [1.807, 2.05) is 0 Å². The first-order valence-electron chi connectivity index (χ1n) is 8.77. The lowest BCUT2D eigenvalue weighted by Crippen LogP contribution is -2.68. The Morgan fingerprint density at radius 1 is 1.00 bits per heavy atom. The van der Waals surface area contributed by atoms with Crippen LogP contribution in [0.25, 0.3) is 0 Å². The fourth-order valence-corrected chi connectivity index (χ4v) is 9.56. The van der Waals surface area contributed by atoms with Crippen molar-refractivity contribution in [3.63, 3.8) is 0 Å². The van der Waals surface area contributed by atoms with Crippen molar-refractivity contribution in [1.29, 1.82) is 0 Å². The van der Waals surface area contributed by atoms with Gasteiger partial charge in [-0.25, -0.2) is 0 Å². The van der Waals surface area contributed by atoms with Crippen LogP contribution in [-0.4, -0.2) is 65.6 Å². The second-order valence-corrected chi connectivity index (χ2v) is 12.9. The number of carbonyl (C=O) groups excluding carboxylic acids is 1. The third-order valence-electron chi connectivity index (χ3n) is 5.12. The monoisotopic (exact) mass is 361 g/mol. The zero-order valence-corrected chi connectivity index (χ0v) is 17.5. The summed E-state index contributed by atoms with van der Waals surface area (Å²) in [4.78, 5) is 13.9. The summed E-state index contributed by atoms with van der Waals surface area (Å²) < 4.78 is 22.3. The van der Waals surface area contributed by atoms with Crippen LogP contribution in [-0.2, 0) is 23.4 Å². The van der Waals surface area contributed by atoms with Crippen LogP contribution in [0.3, 0.4) is 0 Å². The molecule has 1 aliphatic heterocycles. The third kappa shape index (κ3) is 4.19. The molecule has 142 valence electrons. The minimum Gasteiger partial charge on any atom is -0.414 e. The van der Waals surface area contributed by atoms with Crippen LogP contribution >= 0.6 is 0 Å². The minimum atomic E-state index is -1.97. The molecule has 0 aromatic rings. The van der Waals surface area contributed by atoms with Crippen LogP contribution in [0.4, 0.5) is 0 Å². The molecular formula is C17H35NO5Si.